The quantitative estimate of drug-likeness (QED) is 0.718. The molecule has 1 aliphatic rings. The van der Waals surface area contributed by atoms with Gasteiger partial charge in [-0.3, -0.25) is 14.5 Å². The minimum absolute atomic E-state index is 0.00286. The van der Waals surface area contributed by atoms with Gasteiger partial charge in [-0.15, -0.1) is 0 Å². The Morgan fingerprint density at radius 2 is 1.88 bits per heavy atom. The van der Waals surface area contributed by atoms with Gasteiger partial charge in [0.2, 0.25) is 5.91 Å². The smallest absolute Gasteiger partial charge is 0.219 e. The van der Waals surface area contributed by atoms with Crippen molar-refractivity contribution < 1.29 is 9.59 Å². The number of rotatable bonds is 3. The van der Waals surface area contributed by atoms with Crippen LogP contribution in [0.3, 0.4) is 0 Å². The van der Waals surface area contributed by atoms with Gasteiger partial charge in [-0.05, 0) is 13.3 Å². The molecule has 1 rings (SSSR count). The summed E-state index contributed by atoms with van der Waals surface area (Å²) in [6, 6.07) is -0.00286. The predicted octanol–water partition coefficient (Wildman–Crippen LogP) is 0.908. The van der Waals surface area contributed by atoms with E-state index < -0.39 is 0 Å². The zero-order valence-corrected chi connectivity index (χ0v) is 10.5. The predicted molar refractivity (Wildman–Crippen MR) is 63.2 cm³/mol. The monoisotopic (exact) mass is 226 g/mol. The molecule has 1 atom stereocenters. The van der Waals surface area contributed by atoms with Gasteiger partial charge in [0, 0.05) is 39.5 Å². The molecule has 1 aliphatic heterocycles. The van der Waals surface area contributed by atoms with Gasteiger partial charge in [0.25, 0.3) is 0 Å². The molecule has 4 nitrogen and oxygen atoms in total. The number of amides is 1. The van der Waals surface area contributed by atoms with Gasteiger partial charge in [-0.1, -0.05) is 6.92 Å². The minimum Gasteiger partial charge on any atom is -0.342 e. The Balaban J connectivity index is 2.52. The number of Topliss-reactive ketones (excluding diaryl/α,β-unsaturated/α-hetero) is 1. The van der Waals surface area contributed by atoms with E-state index in [1.165, 1.54) is 0 Å². The van der Waals surface area contributed by atoms with Crippen LogP contribution in [-0.4, -0.2) is 53.7 Å². The van der Waals surface area contributed by atoms with Gasteiger partial charge >= 0.3 is 0 Å². The Hall–Kier alpha value is -0.900. The molecule has 1 fully saturated rings. The maximum absolute atomic E-state index is 11.6. The summed E-state index contributed by atoms with van der Waals surface area (Å²) < 4.78 is 0. The molecule has 0 N–H and O–H groups in total. The van der Waals surface area contributed by atoms with Gasteiger partial charge < -0.3 is 4.90 Å². The Morgan fingerprint density at radius 1 is 1.19 bits per heavy atom. The van der Waals surface area contributed by atoms with Crippen LogP contribution in [0.4, 0.5) is 0 Å². The Kier molecular flexibility index (Phi) is 4.93. The highest BCUT2D eigenvalue weighted by Crippen LogP contribution is 2.09. The first-order valence-corrected chi connectivity index (χ1v) is 6.08. The van der Waals surface area contributed by atoms with Crippen LogP contribution in [0.15, 0.2) is 0 Å². The molecule has 0 aliphatic carbocycles. The van der Waals surface area contributed by atoms with Crippen LogP contribution in [0.25, 0.3) is 0 Å². The summed E-state index contributed by atoms with van der Waals surface area (Å²) in [7, 11) is 0. The lowest BCUT2D eigenvalue weighted by Crippen LogP contribution is -2.41. The molecule has 92 valence electrons. The number of carbonyl (C=O) groups excluding carboxylic acids is 2. The van der Waals surface area contributed by atoms with Gasteiger partial charge in [0.15, 0.2) is 0 Å². The topological polar surface area (TPSA) is 40.6 Å². The minimum atomic E-state index is -0.00286. The molecule has 0 aromatic carbocycles. The van der Waals surface area contributed by atoms with E-state index in [0.717, 1.165) is 32.6 Å². The number of hydrogen-bond donors (Lipinski definition) is 0. The van der Waals surface area contributed by atoms with Gasteiger partial charge in [0.1, 0.15) is 5.78 Å². The van der Waals surface area contributed by atoms with E-state index in [-0.39, 0.29) is 17.7 Å². The van der Waals surface area contributed by atoms with Crippen molar-refractivity contribution in [2.45, 2.75) is 39.7 Å². The van der Waals surface area contributed by atoms with E-state index >= 15 is 0 Å². The molecule has 0 aromatic rings. The second kappa shape index (κ2) is 5.99. The molecule has 1 unspecified atom stereocenters. The summed E-state index contributed by atoms with van der Waals surface area (Å²) in [5, 5.41) is 0. The molecule has 1 saturated heterocycles. The summed E-state index contributed by atoms with van der Waals surface area (Å²) >= 11 is 0. The molecule has 0 radical (unpaired) electrons. The summed E-state index contributed by atoms with van der Waals surface area (Å²) in [5.74, 6) is 0.424. The lowest BCUT2D eigenvalue weighted by atomic mass is 10.1. The SMILES string of the molecule is CCC(=O)C(C)N1CCCN(C(C)=O)CC1. The third-order valence-electron chi connectivity index (χ3n) is 3.34. The van der Waals surface area contributed by atoms with E-state index in [9.17, 15) is 9.59 Å². The third-order valence-corrected chi connectivity index (χ3v) is 3.34. The zero-order chi connectivity index (χ0) is 12.1. The molecule has 0 spiro atoms. The Bertz CT molecular complexity index is 266. The fourth-order valence-electron chi connectivity index (χ4n) is 2.14. The molecule has 1 amide bonds. The first kappa shape index (κ1) is 13.2. The van der Waals surface area contributed by atoms with Crippen LogP contribution in [0, 0.1) is 0 Å². The van der Waals surface area contributed by atoms with Crippen LogP contribution >= 0.6 is 0 Å². The van der Waals surface area contributed by atoms with Crippen molar-refractivity contribution in [3.63, 3.8) is 0 Å². The second-order valence-corrected chi connectivity index (χ2v) is 4.39. The summed E-state index contributed by atoms with van der Waals surface area (Å²) in [4.78, 5) is 26.9. The third kappa shape index (κ3) is 3.30. The largest absolute Gasteiger partial charge is 0.342 e. The number of hydrogen-bond acceptors (Lipinski definition) is 3. The second-order valence-electron chi connectivity index (χ2n) is 4.39. The van der Waals surface area contributed by atoms with Crippen molar-refractivity contribution in [3.05, 3.63) is 0 Å². The first-order valence-electron chi connectivity index (χ1n) is 6.08. The Labute approximate surface area is 97.6 Å². The standard InChI is InChI=1S/C12H22N2O2/c1-4-12(16)10(2)13-6-5-7-14(9-8-13)11(3)15/h10H,4-9H2,1-3H3. The molecular formula is C12H22N2O2. The fourth-order valence-corrected chi connectivity index (χ4v) is 2.14. The molecule has 4 heteroatoms. The fraction of sp³-hybridized carbons (Fsp3) is 0.833. The normalized spacial score (nSPS) is 20.3. The highest BCUT2D eigenvalue weighted by molar-refractivity contribution is 5.83. The van der Waals surface area contributed by atoms with Crippen LogP contribution in [0.5, 0.6) is 0 Å². The number of ketones is 1. The molecule has 0 saturated carbocycles. The highest BCUT2D eigenvalue weighted by Gasteiger charge is 2.23. The molecule has 0 bridgehead atoms. The van der Waals surface area contributed by atoms with Crippen molar-refractivity contribution >= 4 is 11.7 Å². The average Bonchev–Trinajstić information content (AvgIpc) is 2.52. The van der Waals surface area contributed by atoms with E-state index in [0.29, 0.717) is 6.42 Å². The average molecular weight is 226 g/mol. The number of carbonyl (C=O) groups is 2. The summed E-state index contributed by atoms with van der Waals surface area (Å²) in [6.07, 6.45) is 1.55. The summed E-state index contributed by atoms with van der Waals surface area (Å²) in [6.45, 7) is 8.77. The maximum atomic E-state index is 11.6. The molecular weight excluding hydrogens is 204 g/mol. The lowest BCUT2D eigenvalue weighted by molar-refractivity contribution is -0.128. The van der Waals surface area contributed by atoms with Crippen LogP contribution in [-0.2, 0) is 9.59 Å². The summed E-state index contributed by atoms with van der Waals surface area (Å²) in [5.41, 5.74) is 0. The molecule has 16 heavy (non-hydrogen) atoms. The van der Waals surface area contributed by atoms with E-state index in [2.05, 4.69) is 4.90 Å². The van der Waals surface area contributed by atoms with E-state index in [4.69, 9.17) is 0 Å². The van der Waals surface area contributed by atoms with Gasteiger partial charge in [-0.2, -0.15) is 0 Å². The maximum Gasteiger partial charge on any atom is 0.219 e. The van der Waals surface area contributed by atoms with Crippen molar-refractivity contribution in [1.82, 2.24) is 9.80 Å². The zero-order valence-electron chi connectivity index (χ0n) is 10.5. The van der Waals surface area contributed by atoms with Crippen molar-refractivity contribution in [2.75, 3.05) is 26.2 Å². The number of nitrogens with zero attached hydrogens (tertiary/aromatic N) is 2. The van der Waals surface area contributed by atoms with Crippen molar-refractivity contribution in [3.8, 4) is 0 Å². The van der Waals surface area contributed by atoms with Crippen LogP contribution in [0.2, 0.25) is 0 Å². The van der Waals surface area contributed by atoms with Crippen molar-refractivity contribution in [2.24, 2.45) is 0 Å². The lowest BCUT2D eigenvalue weighted by Gasteiger charge is -2.26. The van der Waals surface area contributed by atoms with E-state index in [1.807, 2.05) is 18.7 Å². The highest BCUT2D eigenvalue weighted by atomic mass is 16.2. The van der Waals surface area contributed by atoms with Gasteiger partial charge in [0.05, 0.1) is 6.04 Å². The van der Waals surface area contributed by atoms with Crippen molar-refractivity contribution in [1.29, 1.82) is 0 Å². The molecule has 0 aromatic heterocycles. The van der Waals surface area contributed by atoms with Gasteiger partial charge in [-0.25, -0.2) is 0 Å². The molecule has 1 heterocycles. The van der Waals surface area contributed by atoms with Crippen LogP contribution in [0.1, 0.15) is 33.6 Å². The van der Waals surface area contributed by atoms with Crippen LogP contribution < -0.4 is 0 Å². The van der Waals surface area contributed by atoms with E-state index in [1.54, 1.807) is 6.92 Å². The first-order chi connectivity index (χ1) is 7.56. The Morgan fingerprint density at radius 3 is 2.44 bits per heavy atom.